The summed E-state index contributed by atoms with van der Waals surface area (Å²) in [5.74, 6) is 1.72. The van der Waals surface area contributed by atoms with Crippen LogP contribution in [0, 0.1) is 5.92 Å². The van der Waals surface area contributed by atoms with Crippen molar-refractivity contribution >= 4 is 11.6 Å². The van der Waals surface area contributed by atoms with E-state index in [1.807, 2.05) is 24.3 Å². The summed E-state index contributed by atoms with van der Waals surface area (Å²) in [6.07, 6.45) is 5.02. The van der Waals surface area contributed by atoms with E-state index in [1.54, 1.807) is 0 Å². The lowest BCUT2D eigenvalue weighted by atomic mass is 9.99. The van der Waals surface area contributed by atoms with Crippen molar-refractivity contribution < 1.29 is 4.74 Å². The van der Waals surface area contributed by atoms with Crippen molar-refractivity contribution in [2.45, 2.75) is 32.6 Å². The number of hydrogen-bond donors (Lipinski definition) is 0. The molecule has 2 rings (SSSR count). The van der Waals surface area contributed by atoms with Crippen LogP contribution in [0.1, 0.15) is 32.6 Å². The highest BCUT2D eigenvalue weighted by atomic mass is 35.5. The van der Waals surface area contributed by atoms with Crippen LogP contribution in [0.25, 0.3) is 0 Å². The first kappa shape index (κ1) is 14.7. The van der Waals surface area contributed by atoms with Crippen LogP contribution in [0.3, 0.4) is 0 Å². The molecular weight excluding hydrogens is 258 g/mol. The predicted octanol–water partition coefficient (Wildman–Crippen LogP) is 4.23. The summed E-state index contributed by atoms with van der Waals surface area (Å²) in [6.45, 7) is 6.86. The summed E-state index contributed by atoms with van der Waals surface area (Å²) < 4.78 is 5.69. The van der Waals surface area contributed by atoms with E-state index >= 15 is 0 Å². The smallest absolute Gasteiger partial charge is 0.137 e. The van der Waals surface area contributed by atoms with Gasteiger partial charge in [0.15, 0.2) is 0 Å². The first-order valence-corrected chi connectivity index (χ1v) is 7.73. The van der Waals surface area contributed by atoms with E-state index in [9.17, 15) is 0 Å². The second-order valence-electron chi connectivity index (χ2n) is 5.51. The van der Waals surface area contributed by atoms with Crippen LogP contribution >= 0.6 is 11.6 Å². The van der Waals surface area contributed by atoms with Gasteiger partial charge in [0.25, 0.3) is 0 Å². The Balaban J connectivity index is 1.56. The zero-order valence-corrected chi connectivity index (χ0v) is 12.5. The number of benzene rings is 1. The second kappa shape index (κ2) is 7.76. The lowest BCUT2D eigenvalue weighted by Gasteiger charge is -2.30. The van der Waals surface area contributed by atoms with Gasteiger partial charge in [0.1, 0.15) is 5.75 Å². The minimum Gasteiger partial charge on any atom is -0.492 e. The van der Waals surface area contributed by atoms with E-state index in [1.165, 1.54) is 38.9 Å². The van der Waals surface area contributed by atoms with Crippen LogP contribution in [0.5, 0.6) is 5.75 Å². The number of para-hydroxylation sites is 1. The molecule has 0 spiro atoms. The molecule has 1 aliphatic rings. The van der Waals surface area contributed by atoms with Gasteiger partial charge in [-0.25, -0.2) is 0 Å². The molecule has 2 nitrogen and oxygen atoms in total. The zero-order valence-electron chi connectivity index (χ0n) is 11.8. The zero-order chi connectivity index (χ0) is 13.5. The Morgan fingerprint density at radius 2 is 1.95 bits per heavy atom. The van der Waals surface area contributed by atoms with Crippen LogP contribution in [0.15, 0.2) is 24.3 Å². The number of likely N-dealkylation sites (tertiary alicyclic amines) is 1. The van der Waals surface area contributed by atoms with Crippen molar-refractivity contribution in [1.29, 1.82) is 0 Å². The third kappa shape index (κ3) is 5.04. The predicted molar refractivity (Wildman–Crippen MR) is 81.0 cm³/mol. The number of unbranched alkanes of at least 4 members (excludes halogenated alkanes) is 1. The highest BCUT2D eigenvalue weighted by molar-refractivity contribution is 6.32. The molecule has 0 saturated carbocycles. The highest BCUT2D eigenvalue weighted by Gasteiger charge is 2.14. The lowest BCUT2D eigenvalue weighted by Crippen LogP contribution is -2.33. The molecule has 0 amide bonds. The lowest BCUT2D eigenvalue weighted by molar-refractivity contribution is 0.185. The fourth-order valence-corrected chi connectivity index (χ4v) is 2.66. The first-order chi connectivity index (χ1) is 9.25. The molecule has 1 fully saturated rings. The number of hydrogen-bond acceptors (Lipinski definition) is 2. The van der Waals surface area contributed by atoms with Crippen LogP contribution < -0.4 is 4.74 Å². The van der Waals surface area contributed by atoms with Crippen molar-refractivity contribution in [2.75, 3.05) is 26.2 Å². The monoisotopic (exact) mass is 281 g/mol. The van der Waals surface area contributed by atoms with Gasteiger partial charge in [0, 0.05) is 0 Å². The molecular formula is C16H24ClNO. The number of rotatable bonds is 6. The van der Waals surface area contributed by atoms with E-state index in [-0.39, 0.29) is 0 Å². The average Bonchev–Trinajstić information content (AvgIpc) is 2.42. The Morgan fingerprint density at radius 3 is 2.68 bits per heavy atom. The van der Waals surface area contributed by atoms with Gasteiger partial charge in [-0.1, -0.05) is 30.7 Å². The fourth-order valence-electron chi connectivity index (χ4n) is 2.47. The SMILES string of the molecule is CC1CCN(CCCCOc2ccccc2Cl)CC1. The Kier molecular flexibility index (Phi) is 5.99. The third-order valence-corrected chi connectivity index (χ3v) is 4.15. The van der Waals surface area contributed by atoms with Crippen molar-refractivity contribution in [2.24, 2.45) is 5.92 Å². The molecule has 0 aromatic heterocycles. The maximum Gasteiger partial charge on any atom is 0.137 e. The van der Waals surface area contributed by atoms with Crippen molar-refractivity contribution in [3.8, 4) is 5.75 Å². The Labute approximate surface area is 121 Å². The van der Waals surface area contributed by atoms with Crippen molar-refractivity contribution in [3.05, 3.63) is 29.3 Å². The molecule has 1 heterocycles. The molecule has 0 aliphatic carbocycles. The number of nitrogens with zero attached hydrogens (tertiary/aromatic N) is 1. The van der Waals surface area contributed by atoms with Gasteiger partial charge in [-0.2, -0.15) is 0 Å². The number of piperidine rings is 1. The molecule has 0 N–H and O–H groups in total. The van der Waals surface area contributed by atoms with Crippen LogP contribution in [-0.4, -0.2) is 31.1 Å². The largest absolute Gasteiger partial charge is 0.492 e. The van der Waals surface area contributed by atoms with Crippen LogP contribution in [0.4, 0.5) is 0 Å². The Bertz CT molecular complexity index is 375. The molecule has 3 heteroatoms. The molecule has 1 saturated heterocycles. The maximum atomic E-state index is 6.04. The third-order valence-electron chi connectivity index (χ3n) is 3.84. The normalized spacial score (nSPS) is 17.6. The first-order valence-electron chi connectivity index (χ1n) is 7.35. The summed E-state index contributed by atoms with van der Waals surface area (Å²) in [5, 5.41) is 0.701. The molecule has 0 unspecified atom stereocenters. The van der Waals surface area contributed by atoms with Crippen LogP contribution in [0.2, 0.25) is 5.02 Å². The van der Waals surface area contributed by atoms with E-state index < -0.39 is 0 Å². The Hall–Kier alpha value is -0.730. The van der Waals surface area contributed by atoms with Gasteiger partial charge < -0.3 is 9.64 Å². The van der Waals surface area contributed by atoms with E-state index in [4.69, 9.17) is 16.3 Å². The molecule has 19 heavy (non-hydrogen) atoms. The molecule has 1 aromatic rings. The summed E-state index contributed by atoms with van der Waals surface area (Å²) in [6, 6.07) is 7.67. The fraction of sp³-hybridized carbons (Fsp3) is 0.625. The summed E-state index contributed by atoms with van der Waals surface area (Å²) in [4.78, 5) is 2.58. The quantitative estimate of drug-likeness (QED) is 0.724. The topological polar surface area (TPSA) is 12.5 Å². The summed E-state index contributed by atoms with van der Waals surface area (Å²) in [7, 11) is 0. The number of halogens is 1. The minimum atomic E-state index is 0.701. The van der Waals surface area contributed by atoms with Gasteiger partial charge in [0.2, 0.25) is 0 Å². The summed E-state index contributed by atoms with van der Waals surface area (Å²) in [5.41, 5.74) is 0. The summed E-state index contributed by atoms with van der Waals surface area (Å²) >= 11 is 6.04. The molecule has 0 atom stereocenters. The van der Waals surface area contributed by atoms with Gasteiger partial charge in [-0.3, -0.25) is 0 Å². The van der Waals surface area contributed by atoms with Gasteiger partial charge in [-0.15, -0.1) is 0 Å². The van der Waals surface area contributed by atoms with E-state index in [0.29, 0.717) is 5.02 Å². The average molecular weight is 282 g/mol. The number of ether oxygens (including phenoxy) is 1. The molecule has 0 radical (unpaired) electrons. The van der Waals surface area contributed by atoms with Gasteiger partial charge >= 0.3 is 0 Å². The van der Waals surface area contributed by atoms with E-state index in [0.717, 1.165) is 24.7 Å². The van der Waals surface area contributed by atoms with Gasteiger partial charge in [-0.05, 0) is 63.4 Å². The Morgan fingerprint density at radius 1 is 1.21 bits per heavy atom. The molecule has 1 aliphatic heterocycles. The van der Waals surface area contributed by atoms with Crippen molar-refractivity contribution in [3.63, 3.8) is 0 Å². The highest BCUT2D eigenvalue weighted by Crippen LogP contribution is 2.23. The van der Waals surface area contributed by atoms with Crippen molar-refractivity contribution in [1.82, 2.24) is 4.90 Å². The molecule has 1 aromatic carbocycles. The van der Waals surface area contributed by atoms with Gasteiger partial charge in [0.05, 0.1) is 11.6 Å². The molecule has 106 valence electrons. The maximum absolute atomic E-state index is 6.04. The standard InChI is InChI=1S/C16H24ClNO/c1-14-8-11-18(12-9-14)10-4-5-13-19-16-7-3-2-6-15(16)17/h2-3,6-7,14H,4-5,8-13H2,1H3. The second-order valence-corrected chi connectivity index (χ2v) is 5.92. The minimum absolute atomic E-state index is 0.701. The van der Waals surface area contributed by atoms with E-state index in [2.05, 4.69) is 11.8 Å². The van der Waals surface area contributed by atoms with Crippen LogP contribution in [-0.2, 0) is 0 Å². The molecule has 0 bridgehead atoms.